The van der Waals surface area contributed by atoms with Gasteiger partial charge in [0.15, 0.2) is 14.9 Å². The molecule has 1 fully saturated rings. The Morgan fingerprint density at radius 1 is 1.37 bits per heavy atom. The van der Waals surface area contributed by atoms with Crippen molar-refractivity contribution in [3.8, 4) is 0 Å². The summed E-state index contributed by atoms with van der Waals surface area (Å²) in [6.07, 6.45) is 0.568. The Kier molecular flexibility index (Phi) is 3.69. The van der Waals surface area contributed by atoms with Gasteiger partial charge in [-0.05, 0) is 49.8 Å². The molecular formula is C12H17N3O2S2. The molecule has 1 atom stereocenters. The lowest BCUT2D eigenvalue weighted by Crippen LogP contribution is -2.48. The van der Waals surface area contributed by atoms with Crippen molar-refractivity contribution in [2.45, 2.75) is 18.9 Å². The van der Waals surface area contributed by atoms with Crippen molar-refractivity contribution in [1.29, 1.82) is 0 Å². The van der Waals surface area contributed by atoms with E-state index in [0.29, 0.717) is 17.2 Å². The van der Waals surface area contributed by atoms with Gasteiger partial charge in [-0.1, -0.05) is 0 Å². The fourth-order valence-corrected chi connectivity index (χ4v) is 4.57. The normalized spacial score (nSPS) is 24.9. The maximum absolute atomic E-state index is 11.5. The maximum atomic E-state index is 11.5. The molecule has 104 valence electrons. The highest BCUT2D eigenvalue weighted by Crippen LogP contribution is 2.23. The third-order valence-corrected chi connectivity index (χ3v) is 5.19. The van der Waals surface area contributed by atoms with Crippen LogP contribution < -0.4 is 16.4 Å². The van der Waals surface area contributed by atoms with E-state index in [0.717, 1.165) is 5.69 Å². The highest BCUT2D eigenvalue weighted by atomic mass is 32.2. The second-order valence-corrected chi connectivity index (χ2v) is 7.70. The zero-order valence-electron chi connectivity index (χ0n) is 10.6. The summed E-state index contributed by atoms with van der Waals surface area (Å²) in [6.45, 7) is 1.87. The number of nitrogens with two attached hydrogens (primary N) is 1. The van der Waals surface area contributed by atoms with Crippen LogP contribution in [-0.2, 0) is 9.84 Å². The highest BCUT2D eigenvalue weighted by molar-refractivity contribution is 7.91. The molecule has 7 heteroatoms. The van der Waals surface area contributed by atoms with Gasteiger partial charge in [0.2, 0.25) is 0 Å². The van der Waals surface area contributed by atoms with Crippen LogP contribution in [0.25, 0.3) is 0 Å². The van der Waals surface area contributed by atoms with Crippen LogP contribution in [0.3, 0.4) is 0 Å². The van der Waals surface area contributed by atoms with Gasteiger partial charge < -0.3 is 16.4 Å². The molecule has 2 rings (SSSR count). The second kappa shape index (κ2) is 4.97. The number of hydrogen-bond donors (Lipinski definition) is 3. The first-order valence-corrected chi connectivity index (χ1v) is 8.16. The van der Waals surface area contributed by atoms with Crippen molar-refractivity contribution in [1.82, 2.24) is 5.32 Å². The third kappa shape index (κ3) is 3.81. The average molecular weight is 299 g/mol. The standard InChI is InChI=1S/C12H17N3O2S2/c1-12(6-7-19(16,17)8-12)15-11(18)14-10-4-2-9(13)3-5-10/h2-5H,6-8,13H2,1H3,(H2,14,15,18). The Bertz CT molecular complexity index is 583. The van der Waals surface area contributed by atoms with Gasteiger partial charge in [-0.25, -0.2) is 8.42 Å². The second-order valence-electron chi connectivity index (χ2n) is 5.10. The van der Waals surface area contributed by atoms with E-state index in [4.69, 9.17) is 18.0 Å². The third-order valence-electron chi connectivity index (χ3n) is 3.09. The molecule has 19 heavy (non-hydrogen) atoms. The summed E-state index contributed by atoms with van der Waals surface area (Å²) in [6, 6.07) is 7.17. The molecule has 4 N–H and O–H groups in total. The number of thiocarbonyl (C=S) groups is 1. The van der Waals surface area contributed by atoms with Crippen LogP contribution in [-0.4, -0.2) is 30.6 Å². The van der Waals surface area contributed by atoms with E-state index >= 15 is 0 Å². The van der Waals surface area contributed by atoms with Crippen LogP contribution in [0.4, 0.5) is 11.4 Å². The number of anilines is 2. The quantitative estimate of drug-likeness (QED) is 0.561. The minimum absolute atomic E-state index is 0.115. The van der Waals surface area contributed by atoms with Crippen LogP contribution in [0.5, 0.6) is 0 Å². The van der Waals surface area contributed by atoms with Crippen molar-refractivity contribution < 1.29 is 8.42 Å². The van der Waals surface area contributed by atoms with Crippen LogP contribution in [0, 0.1) is 0 Å². The SMILES string of the molecule is CC1(NC(=S)Nc2ccc(N)cc2)CCS(=O)(=O)C1. The van der Waals surface area contributed by atoms with E-state index in [9.17, 15) is 8.42 Å². The molecule has 1 aromatic carbocycles. The summed E-state index contributed by atoms with van der Waals surface area (Å²) in [5.41, 5.74) is 6.60. The van der Waals surface area contributed by atoms with Gasteiger partial charge in [-0.3, -0.25) is 0 Å². The summed E-state index contributed by atoms with van der Waals surface area (Å²) in [5.74, 6) is 0.324. The minimum Gasteiger partial charge on any atom is -0.399 e. The molecular weight excluding hydrogens is 282 g/mol. The molecule has 0 radical (unpaired) electrons. The van der Waals surface area contributed by atoms with E-state index < -0.39 is 15.4 Å². The first kappa shape index (κ1) is 14.1. The highest BCUT2D eigenvalue weighted by Gasteiger charge is 2.38. The van der Waals surface area contributed by atoms with Crippen LogP contribution in [0.1, 0.15) is 13.3 Å². The van der Waals surface area contributed by atoms with Crippen LogP contribution in [0.15, 0.2) is 24.3 Å². The molecule has 0 bridgehead atoms. The summed E-state index contributed by atoms with van der Waals surface area (Å²) < 4.78 is 23.0. The molecule has 5 nitrogen and oxygen atoms in total. The molecule has 0 spiro atoms. The first-order chi connectivity index (χ1) is 8.78. The van der Waals surface area contributed by atoms with E-state index in [-0.39, 0.29) is 11.5 Å². The number of benzene rings is 1. The zero-order chi connectivity index (χ0) is 14.1. The Hall–Kier alpha value is -1.34. The van der Waals surface area contributed by atoms with Gasteiger partial charge in [0.05, 0.1) is 17.0 Å². The molecule has 0 aliphatic carbocycles. The van der Waals surface area contributed by atoms with Crippen LogP contribution >= 0.6 is 12.2 Å². The summed E-state index contributed by atoms with van der Waals surface area (Å²) >= 11 is 5.20. The number of hydrogen-bond acceptors (Lipinski definition) is 4. The van der Waals surface area contributed by atoms with Gasteiger partial charge in [-0.15, -0.1) is 0 Å². The van der Waals surface area contributed by atoms with Gasteiger partial charge >= 0.3 is 0 Å². The van der Waals surface area contributed by atoms with Gasteiger partial charge in [0, 0.05) is 11.4 Å². The molecule has 1 unspecified atom stereocenters. The molecule has 1 saturated heterocycles. The molecule has 1 aliphatic heterocycles. The van der Waals surface area contributed by atoms with Crippen molar-refractivity contribution >= 4 is 38.5 Å². The van der Waals surface area contributed by atoms with E-state index in [2.05, 4.69) is 10.6 Å². The minimum atomic E-state index is -2.94. The number of nitrogen functional groups attached to an aromatic ring is 1. The van der Waals surface area contributed by atoms with Gasteiger partial charge in [0.25, 0.3) is 0 Å². The van der Waals surface area contributed by atoms with Crippen LogP contribution in [0.2, 0.25) is 0 Å². The molecule has 0 aromatic heterocycles. The maximum Gasteiger partial charge on any atom is 0.171 e. The summed E-state index contributed by atoms with van der Waals surface area (Å²) in [4.78, 5) is 0. The Morgan fingerprint density at radius 2 is 2.00 bits per heavy atom. The Labute approximate surface area is 118 Å². The molecule has 1 aromatic rings. The number of nitrogens with one attached hydrogen (secondary N) is 2. The summed E-state index contributed by atoms with van der Waals surface area (Å²) in [7, 11) is -2.94. The van der Waals surface area contributed by atoms with Crippen molar-refractivity contribution in [3.63, 3.8) is 0 Å². The zero-order valence-corrected chi connectivity index (χ0v) is 12.3. The summed E-state index contributed by atoms with van der Waals surface area (Å²) in [5, 5.41) is 6.52. The van der Waals surface area contributed by atoms with Crippen molar-refractivity contribution in [3.05, 3.63) is 24.3 Å². The van der Waals surface area contributed by atoms with Gasteiger partial charge in [0.1, 0.15) is 0 Å². The predicted octanol–water partition coefficient (Wildman–Crippen LogP) is 1.13. The van der Waals surface area contributed by atoms with Gasteiger partial charge in [-0.2, -0.15) is 0 Å². The monoisotopic (exact) mass is 299 g/mol. The lowest BCUT2D eigenvalue weighted by molar-refractivity contribution is 0.474. The fraction of sp³-hybridized carbons (Fsp3) is 0.417. The van der Waals surface area contributed by atoms with E-state index in [1.807, 2.05) is 19.1 Å². The fourth-order valence-electron chi connectivity index (χ4n) is 2.11. The van der Waals surface area contributed by atoms with Crippen molar-refractivity contribution in [2.75, 3.05) is 22.6 Å². The predicted molar refractivity (Wildman–Crippen MR) is 81.9 cm³/mol. The number of rotatable bonds is 2. The lowest BCUT2D eigenvalue weighted by Gasteiger charge is -2.26. The molecule has 1 heterocycles. The first-order valence-electron chi connectivity index (χ1n) is 5.93. The largest absolute Gasteiger partial charge is 0.399 e. The Morgan fingerprint density at radius 3 is 2.53 bits per heavy atom. The van der Waals surface area contributed by atoms with E-state index in [1.165, 1.54) is 0 Å². The topological polar surface area (TPSA) is 84.2 Å². The lowest BCUT2D eigenvalue weighted by atomic mass is 10.0. The molecule has 0 amide bonds. The molecule has 0 saturated carbocycles. The van der Waals surface area contributed by atoms with E-state index in [1.54, 1.807) is 12.1 Å². The Balaban J connectivity index is 1.97. The number of sulfone groups is 1. The smallest absolute Gasteiger partial charge is 0.171 e. The molecule has 1 aliphatic rings. The van der Waals surface area contributed by atoms with Crippen molar-refractivity contribution in [2.24, 2.45) is 0 Å². The average Bonchev–Trinajstić information content (AvgIpc) is 2.56.